The Morgan fingerprint density at radius 1 is 1.24 bits per heavy atom. The third-order valence-corrected chi connectivity index (χ3v) is 8.42. The van der Waals surface area contributed by atoms with Gasteiger partial charge in [-0.1, -0.05) is 32.1 Å². The number of carbonyl (C=O) groups is 1. The number of ketones is 1. The number of allylic oxidation sites excluding steroid dienone is 4. The van der Waals surface area contributed by atoms with Crippen molar-refractivity contribution < 1.29 is 14.6 Å². The lowest BCUT2D eigenvalue weighted by atomic mass is 9.47. The summed E-state index contributed by atoms with van der Waals surface area (Å²) in [4.78, 5) is 11.8. The van der Waals surface area contributed by atoms with Crippen LogP contribution in [0.5, 0.6) is 0 Å². The molecule has 0 radical (unpaired) electrons. The van der Waals surface area contributed by atoms with Gasteiger partial charge < -0.3 is 9.84 Å². The van der Waals surface area contributed by atoms with Gasteiger partial charge in [-0.25, -0.2) is 0 Å². The minimum Gasteiger partial charge on any atom is -0.499 e. The summed E-state index contributed by atoms with van der Waals surface area (Å²) in [6, 6.07) is 0. The molecule has 4 rings (SSSR count). The molecule has 4 aliphatic carbocycles. The van der Waals surface area contributed by atoms with E-state index in [1.165, 1.54) is 5.57 Å². The zero-order valence-corrected chi connectivity index (χ0v) is 15.7. The van der Waals surface area contributed by atoms with Gasteiger partial charge in [-0.15, -0.1) is 0 Å². The lowest BCUT2D eigenvalue weighted by Crippen LogP contribution is -2.55. The van der Waals surface area contributed by atoms with Crippen molar-refractivity contribution in [3.63, 3.8) is 0 Å². The minimum absolute atomic E-state index is 0.0110. The Kier molecular flexibility index (Phi) is 3.64. The van der Waals surface area contributed by atoms with E-state index in [1.54, 1.807) is 13.2 Å². The number of carbonyl (C=O) groups excluding carboxylic acids is 1. The van der Waals surface area contributed by atoms with Crippen molar-refractivity contribution in [2.75, 3.05) is 7.11 Å². The van der Waals surface area contributed by atoms with Gasteiger partial charge in [0, 0.05) is 10.8 Å². The monoisotopic (exact) mass is 342 g/mol. The van der Waals surface area contributed by atoms with Crippen molar-refractivity contribution in [1.29, 1.82) is 0 Å². The van der Waals surface area contributed by atoms with E-state index in [-0.39, 0.29) is 16.6 Å². The van der Waals surface area contributed by atoms with Crippen LogP contribution < -0.4 is 0 Å². The summed E-state index contributed by atoms with van der Waals surface area (Å²) in [5.41, 5.74) is 0.260. The highest BCUT2D eigenvalue weighted by Crippen LogP contribution is 2.67. The van der Waals surface area contributed by atoms with Crippen molar-refractivity contribution in [3.05, 3.63) is 36.1 Å². The minimum atomic E-state index is -0.910. The number of rotatable bonds is 2. The Labute approximate surface area is 150 Å². The number of methoxy groups -OCH3 is 1. The van der Waals surface area contributed by atoms with Crippen LogP contribution in [0.15, 0.2) is 36.1 Å². The second kappa shape index (κ2) is 5.33. The van der Waals surface area contributed by atoms with Gasteiger partial charge in [0.25, 0.3) is 0 Å². The largest absolute Gasteiger partial charge is 0.499 e. The number of hydrogen-bond acceptors (Lipinski definition) is 3. The zero-order chi connectivity index (χ0) is 18.0. The van der Waals surface area contributed by atoms with E-state index in [0.29, 0.717) is 23.5 Å². The van der Waals surface area contributed by atoms with E-state index < -0.39 is 5.60 Å². The molecule has 1 N–H and O–H groups in total. The van der Waals surface area contributed by atoms with Crippen molar-refractivity contribution >= 4 is 5.78 Å². The molecule has 0 spiro atoms. The summed E-state index contributed by atoms with van der Waals surface area (Å²) in [5, 5.41) is 11.4. The van der Waals surface area contributed by atoms with Crippen LogP contribution in [0.2, 0.25) is 0 Å². The predicted molar refractivity (Wildman–Crippen MR) is 97.7 cm³/mol. The first kappa shape index (κ1) is 17.1. The molecule has 0 aromatic heterocycles. The molecule has 0 aliphatic heterocycles. The molecule has 0 amide bonds. The van der Waals surface area contributed by atoms with E-state index in [1.807, 2.05) is 6.08 Å². The maximum absolute atomic E-state index is 11.8. The smallest absolute Gasteiger partial charge is 0.178 e. The van der Waals surface area contributed by atoms with Crippen LogP contribution in [0.4, 0.5) is 0 Å². The third kappa shape index (κ3) is 2.05. The van der Waals surface area contributed by atoms with E-state index in [0.717, 1.165) is 38.5 Å². The topological polar surface area (TPSA) is 46.5 Å². The highest BCUT2D eigenvalue weighted by Gasteiger charge is 2.65. The Balaban J connectivity index is 1.69. The maximum Gasteiger partial charge on any atom is 0.178 e. The third-order valence-electron chi connectivity index (χ3n) is 8.42. The van der Waals surface area contributed by atoms with Crippen LogP contribution in [-0.2, 0) is 9.53 Å². The Morgan fingerprint density at radius 2 is 1.96 bits per heavy atom. The first-order valence-electron chi connectivity index (χ1n) is 9.66. The predicted octanol–water partition coefficient (Wildman–Crippen LogP) is 4.19. The van der Waals surface area contributed by atoms with E-state index in [9.17, 15) is 9.90 Å². The maximum atomic E-state index is 11.8. The molecule has 3 nitrogen and oxygen atoms in total. The van der Waals surface area contributed by atoms with Crippen LogP contribution in [0.1, 0.15) is 52.4 Å². The second-order valence-corrected chi connectivity index (χ2v) is 9.09. The van der Waals surface area contributed by atoms with Crippen LogP contribution in [0.25, 0.3) is 0 Å². The van der Waals surface area contributed by atoms with Crippen LogP contribution in [-0.4, -0.2) is 23.6 Å². The second-order valence-electron chi connectivity index (χ2n) is 9.09. The van der Waals surface area contributed by atoms with E-state index in [4.69, 9.17) is 4.74 Å². The quantitative estimate of drug-likeness (QED) is 0.766. The molecule has 3 heteroatoms. The summed E-state index contributed by atoms with van der Waals surface area (Å²) in [7, 11) is 1.62. The number of aliphatic hydroxyl groups is 1. The SMILES string of the molecule is C=C(OC)[C@@]1(O)CC[C@H]2[C@@H]3CCC4=CC(=O)C=C[C@]4(C)[C@H]3CC[C@@]21C. The molecule has 6 atom stereocenters. The van der Waals surface area contributed by atoms with E-state index in [2.05, 4.69) is 26.5 Å². The molecular formula is C22H30O3. The van der Waals surface area contributed by atoms with Crippen molar-refractivity contribution in [2.24, 2.45) is 28.6 Å². The first-order chi connectivity index (χ1) is 11.8. The Bertz CT molecular complexity index is 689. The highest BCUT2D eigenvalue weighted by atomic mass is 16.5. The van der Waals surface area contributed by atoms with Crippen molar-refractivity contribution in [2.45, 2.75) is 58.0 Å². The highest BCUT2D eigenvalue weighted by molar-refractivity contribution is 6.01. The molecule has 0 unspecified atom stereocenters. The Hall–Kier alpha value is -1.35. The molecule has 0 aromatic carbocycles. The summed E-state index contributed by atoms with van der Waals surface area (Å²) in [5.74, 6) is 2.32. The molecular weight excluding hydrogens is 312 g/mol. The molecule has 3 fully saturated rings. The molecule has 0 aromatic rings. The summed E-state index contributed by atoms with van der Waals surface area (Å²) < 4.78 is 5.40. The van der Waals surface area contributed by atoms with Gasteiger partial charge in [-0.3, -0.25) is 4.79 Å². The van der Waals surface area contributed by atoms with Crippen molar-refractivity contribution in [1.82, 2.24) is 0 Å². The Morgan fingerprint density at radius 3 is 2.68 bits per heavy atom. The van der Waals surface area contributed by atoms with Crippen LogP contribution in [0.3, 0.4) is 0 Å². The van der Waals surface area contributed by atoms with Crippen molar-refractivity contribution in [3.8, 4) is 0 Å². The lowest BCUT2D eigenvalue weighted by Gasteiger charge is -2.58. The van der Waals surface area contributed by atoms with Gasteiger partial charge in [-0.2, -0.15) is 0 Å². The van der Waals surface area contributed by atoms with E-state index >= 15 is 0 Å². The normalized spacial score (nSPS) is 48.2. The fourth-order valence-electron chi connectivity index (χ4n) is 6.84. The molecule has 0 heterocycles. The average Bonchev–Trinajstić information content (AvgIpc) is 2.87. The number of fused-ring (bicyclic) bond motifs is 5. The number of ether oxygens (including phenoxy) is 1. The summed E-state index contributed by atoms with van der Waals surface area (Å²) in [6.45, 7) is 8.59. The molecule has 25 heavy (non-hydrogen) atoms. The molecule has 4 aliphatic rings. The van der Waals surface area contributed by atoms with Gasteiger partial charge in [0.15, 0.2) is 5.78 Å². The summed E-state index contributed by atoms with van der Waals surface area (Å²) in [6.07, 6.45) is 11.8. The summed E-state index contributed by atoms with van der Waals surface area (Å²) >= 11 is 0. The van der Waals surface area contributed by atoms with Gasteiger partial charge in [0.05, 0.1) is 7.11 Å². The first-order valence-corrected chi connectivity index (χ1v) is 9.66. The molecule has 3 saturated carbocycles. The molecule has 0 bridgehead atoms. The van der Waals surface area contributed by atoms with Gasteiger partial charge >= 0.3 is 0 Å². The van der Waals surface area contributed by atoms with Crippen LogP contribution in [0, 0.1) is 28.6 Å². The van der Waals surface area contributed by atoms with Gasteiger partial charge in [0.2, 0.25) is 0 Å². The number of hydrogen-bond donors (Lipinski definition) is 1. The zero-order valence-electron chi connectivity index (χ0n) is 15.7. The fraction of sp³-hybridized carbons (Fsp3) is 0.682. The average molecular weight is 342 g/mol. The lowest BCUT2D eigenvalue weighted by molar-refractivity contribution is -0.120. The molecule has 136 valence electrons. The standard InChI is InChI=1S/C22H30O3/c1-14(25-4)22(24)12-9-19-17-6-5-15-13-16(23)7-10-20(15,2)18(17)8-11-21(19,22)3/h7,10,13,17-19,24H,1,5-6,8-9,11-12H2,2-4H3/t17-,18+,19+,20+,21+,22+/m1/s1. The van der Waals surface area contributed by atoms with Gasteiger partial charge in [-0.05, 0) is 68.4 Å². The van der Waals surface area contributed by atoms with Crippen LogP contribution >= 0.6 is 0 Å². The fourth-order valence-corrected chi connectivity index (χ4v) is 6.84. The van der Waals surface area contributed by atoms with Gasteiger partial charge in [0.1, 0.15) is 11.4 Å². The molecule has 0 saturated heterocycles.